The van der Waals surface area contributed by atoms with E-state index in [-0.39, 0.29) is 10.5 Å². The molecule has 9 heteroatoms. The number of amides is 1. The predicted octanol–water partition coefficient (Wildman–Crippen LogP) is 3.68. The molecule has 0 radical (unpaired) electrons. The van der Waals surface area contributed by atoms with E-state index in [1.165, 1.54) is 12.1 Å². The van der Waals surface area contributed by atoms with Crippen LogP contribution in [-0.4, -0.2) is 53.1 Å². The molecule has 0 aromatic heterocycles. The maximum absolute atomic E-state index is 13.2. The third-order valence-corrected chi connectivity index (χ3v) is 6.93. The summed E-state index contributed by atoms with van der Waals surface area (Å²) in [5.74, 6) is 0.767. The molecule has 2 N–H and O–H groups in total. The summed E-state index contributed by atoms with van der Waals surface area (Å²) in [6.07, 6.45) is 0.783. The Morgan fingerprint density at radius 2 is 1.69 bits per heavy atom. The smallest absolute Gasteiger partial charge is 0.255 e. The number of nitrogens with one attached hydrogen (secondary N) is 2. The minimum Gasteiger partial charge on any atom is -0.490 e. The third kappa shape index (κ3) is 6.39. The van der Waals surface area contributed by atoms with Crippen LogP contribution in [0.2, 0.25) is 0 Å². The van der Waals surface area contributed by atoms with Gasteiger partial charge in [0.25, 0.3) is 5.91 Å². The van der Waals surface area contributed by atoms with Crippen molar-refractivity contribution in [2.24, 2.45) is 0 Å². The Kier molecular flexibility index (Phi) is 7.70. The molecule has 0 saturated carbocycles. The fraction of sp³-hybridized carbons (Fsp3) is 0.269. The number of hydrogen-bond donors (Lipinski definition) is 2. The fourth-order valence-electron chi connectivity index (χ4n) is 3.77. The average molecular weight is 496 g/mol. The number of nitrogens with zero attached hydrogens (tertiary/aromatic N) is 1. The van der Waals surface area contributed by atoms with Gasteiger partial charge in [-0.05, 0) is 50.0 Å². The van der Waals surface area contributed by atoms with Crippen LogP contribution in [-0.2, 0) is 10.0 Å². The molecule has 4 rings (SSSR count). The summed E-state index contributed by atoms with van der Waals surface area (Å²) < 4.78 is 40.5. The molecular weight excluding hydrogens is 466 g/mol. The van der Waals surface area contributed by atoms with Crippen molar-refractivity contribution >= 4 is 21.6 Å². The van der Waals surface area contributed by atoms with Gasteiger partial charge >= 0.3 is 0 Å². The van der Waals surface area contributed by atoms with E-state index in [0.717, 1.165) is 12.0 Å². The minimum atomic E-state index is -3.89. The summed E-state index contributed by atoms with van der Waals surface area (Å²) in [5.41, 5.74) is 1.61. The zero-order valence-corrected chi connectivity index (χ0v) is 20.5. The van der Waals surface area contributed by atoms with Gasteiger partial charge in [-0.2, -0.15) is 0 Å². The van der Waals surface area contributed by atoms with E-state index >= 15 is 0 Å². The molecule has 1 unspecified atom stereocenters. The highest BCUT2D eigenvalue weighted by atomic mass is 32.2. The zero-order chi connectivity index (χ0) is 24.8. The van der Waals surface area contributed by atoms with Gasteiger partial charge in [0.15, 0.2) is 11.5 Å². The maximum atomic E-state index is 13.2. The minimum absolute atomic E-state index is 0.0171. The van der Waals surface area contributed by atoms with Crippen molar-refractivity contribution < 1.29 is 22.7 Å². The normalized spacial score (nSPS) is 14.3. The average Bonchev–Trinajstić information content (AvgIpc) is 3.09. The lowest BCUT2D eigenvalue weighted by Crippen LogP contribution is -2.35. The van der Waals surface area contributed by atoms with Crippen molar-refractivity contribution in [3.05, 3.63) is 83.9 Å². The number of likely N-dealkylation sites (N-methyl/N-ethyl adjacent to an activating group) is 1. The quantitative estimate of drug-likeness (QED) is 0.495. The molecule has 1 aliphatic heterocycles. The van der Waals surface area contributed by atoms with Crippen molar-refractivity contribution in [1.29, 1.82) is 0 Å². The van der Waals surface area contributed by atoms with Gasteiger partial charge in [-0.3, -0.25) is 4.79 Å². The number of sulfonamides is 1. The molecule has 0 saturated heterocycles. The van der Waals surface area contributed by atoms with Gasteiger partial charge in [-0.25, -0.2) is 13.1 Å². The SMILES string of the molecule is CN(C)CC(NS(=O)(=O)c1cccc(C(=O)Nc2ccc3c(c2)OCCCO3)c1)c1ccccc1. The number of anilines is 1. The Morgan fingerprint density at radius 3 is 2.43 bits per heavy atom. The molecule has 8 nitrogen and oxygen atoms in total. The van der Waals surface area contributed by atoms with Gasteiger partial charge in [0, 0.05) is 30.3 Å². The molecule has 1 atom stereocenters. The second kappa shape index (κ2) is 10.9. The first-order valence-corrected chi connectivity index (χ1v) is 12.8. The molecule has 1 heterocycles. The van der Waals surface area contributed by atoms with Gasteiger partial charge in [0.1, 0.15) is 0 Å². The predicted molar refractivity (Wildman–Crippen MR) is 135 cm³/mol. The Hall–Kier alpha value is -3.40. The Morgan fingerprint density at radius 1 is 0.943 bits per heavy atom. The standard InChI is InChI=1S/C26H29N3O5S/c1-29(2)18-23(19-8-4-3-5-9-19)28-35(31,32)22-11-6-10-20(16-22)26(30)27-21-12-13-24-25(17-21)34-15-7-14-33-24/h3-6,8-13,16-17,23,28H,7,14-15,18H2,1-2H3,(H,27,30). The molecular formula is C26H29N3O5S. The lowest BCUT2D eigenvalue weighted by atomic mass is 10.1. The Labute approximate surface area is 205 Å². The molecule has 35 heavy (non-hydrogen) atoms. The summed E-state index contributed by atoms with van der Waals surface area (Å²) in [6, 6.07) is 20.1. The fourth-order valence-corrected chi connectivity index (χ4v) is 5.03. The van der Waals surface area contributed by atoms with E-state index in [4.69, 9.17) is 9.47 Å². The van der Waals surface area contributed by atoms with Crippen molar-refractivity contribution in [1.82, 2.24) is 9.62 Å². The van der Waals surface area contributed by atoms with E-state index in [0.29, 0.717) is 36.9 Å². The molecule has 0 bridgehead atoms. The summed E-state index contributed by atoms with van der Waals surface area (Å²) in [4.78, 5) is 14.8. The van der Waals surface area contributed by atoms with Crippen molar-refractivity contribution in [2.75, 3.05) is 39.2 Å². The van der Waals surface area contributed by atoms with Crippen LogP contribution in [0.3, 0.4) is 0 Å². The lowest BCUT2D eigenvalue weighted by molar-refractivity contribution is 0.102. The molecule has 1 amide bonds. The molecule has 0 fully saturated rings. The van der Waals surface area contributed by atoms with Gasteiger partial charge in [-0.15, -0.1) is 0 Å². The van der Waals surface area contributed by atoms with Crippen molar-refractivity contribution in [3.63, 3.8) is 0 Å². The number of carbonyl (C=O) groups is 1. The van der Waals surface area contributed by atoms with Gasteiger partial charge in [0.05, 0.1) is 24.2 Å². The highest BCUT2D eigenvalue weighted by Crippen LogP contribution is 2.32. The van der Waals surface area contributed by atoms with Crippen molar-refractivity contribution in [2.45, 2.75) is 17.4 Å². The number of hydrogen-bond acceptors (Lipinski definition) is 6. The number of fused-ring (bicyclic) bond motifs is 1. The van der Waals surface area contributed by atoms with Crippen LogP contribution in [0.5, 0.6) is 11.5 Å². The molecule has 1 aliphatic rings. The largest absolute Gasteiger partial charge is 0.490 e. The van der Waals surface area contributed by atoms with Crippen LogP contribution < -0.4 is 19.5 Å². The van der Waals surface area contributed by atoms with Gasteiger partial charge < -0.3 is 19.7 Å². The number of benzene rings is 3. The van der Waals surface area contributed by atoms with Crippen LogP contribution in [0.25, 0.3) is 0 Å². The second-order valence-electron chi connectivity index (χ2n) is 8.54. The monoisotopic (exact) mass is 495 g/mol. The lowest BCUT2D eigenvalue weighted by Gasteiger charge is -2.23. The first kappa shape index (κ1) is 24.7. The van der Waals surface area contributed by atoms with E-state index in [1.807, 2.05) is 49.3 Å². The Balaban J connectivity index is 1.52. The molecule has 3 aromatic carbocycles. The van der Waals surface area contributed by atoms with Gasteiger partial charge in [-0.1, -0.05) is 36.4 Å². The highest BCUT2D eigenvalue weighted by molar-refractivity contribution is 7.89. The first-order chi connectivity index (χ1) is 16.8. The first-order valence-electron chi connectivity index (χ1n) is 11.3. The van der Waals surface area contributed by atoms with Crippen LogP contribution in [0, 0.1) is 0 Å². The highest BCUT2D eigenvalue weighted by Gasteiger charge is 2.23. The number of ether oxygens (including phenoxy) is 2. The number of carbonyl (C=O) groups excluding carboxylic acids is 1. The van der Waals surface area contributed by atoms with Crippen LogP contribution in [0.15, 0.2) is 77.7 Å². The van der Waals surface area contributed by atoms with Crippen LogP contribution in [0.1, 0.15) is 28.4 Å². The van der Waals surface area contributed by atoms with Crippen molar-refractivity contribution in [3.8, 4) is 11.5 Å². The molecule has 3 aromatic rings. The molecule has 184 valence electrons. The zero-order valence-electron chi connectivity index (χ0n) is 19.7. The summed E-state index contributed by atoms with van der Waals surface area (Å²) in [6.45, 7) is 1.59. The van der Waals surface area contributed by atoms with E-state index in [1.54, 1.807) is 30.3 Å². The second-order valence-corrected chi connectivity index (χ2v) is 10.3. The van der Waals surface area contributed by atoms with Crippen LogP contribution >= 0.6 is 0 Å². The summed E-state index contributed by atoms with van der Waals surface area (Å²) >= 11 is 0. The van der Waals surface area contributed by atoms with E-state index < -0.39 is 22.0 Å². The topological polar surface area (TPSA) is 97.0 Å². The van der Waals surface area contributed by atoms with E-state index in [9.17, 15) is 13.2 Å². The van der Waals surface area contributed by atoms with Gasteiger partial charge in [0.2, 0.25) is 10.0 Å². The summed E-state index contributed by atoms with van der Waals surface area (Å²) in [5, 5.41) is 2.80. The number of rotatable bonds is 8. The van der Waals surface area contributed by atoms with Crippen LogP contribution in [0.4, 0.5) is 5.69 Å². The Bertz CT molecular complexity index is 1280. The third-order valence-electron chi connectivity index (χ3n) is 5.46. The maximum Gasteiger partial charge on any atom is 0.255 e. The summed E-state index contributed by atoms with van der Waals surface area (Å²) in [7, 11) is -0.124. The molecule has 0 aliphatic carbocycles. The molecule has 0 spiro atoms. The van der Waals surface area contributed by atoms with E-state index in [2.05, 4.69) is 10.0 Å².